The van der Waals surface area contributed by atoms with Crippen molar-refractivity contribution in [1.82, 2.24) is 4.90 Å². The van der Waals surface area contributed by atoms with Crippen molar-refractivity contribution in [2.45, 2.75) is 19.4 Å². The second-order valence-electron chi connectivity index (χ2n) is 2.67. The number of hydrogen-bond donors (Lipinski definition) is 0. The van der Waals surface area contributed by atoms with Crippen LogP contribution in [0, 0.1) is 0 Å². The molecule has 0 radical (unpaired) electrons. The molecule has 0 N–H and O–H groups in total. The zero-order valence-electron chi connectivity index (χ0n) is 6.46. The zero-order valence-corrected chi connectivity index (χ0v) is 6.46. The van der Waals surface area contributed by atoms with Crippen molar-refractivity contribution in [3.8, 4) is 0 Å². The van der Waals surface area contributed by atoms with Gasteiger partial charge in [0.2, 0.25) is 0 Å². The summed E-state index contributed by atoms with van der Waals surface area (Å²) in [4.78, 5) is 12.9. The third-order valence-corrected chi connectivity index (χ3v) is 1.79. The monoisotopic (exact) mass is 143 g/mol. The van der Waals surface area contributed by atoms with Crippen molar-refractivity contribution in [1.29, 1.82) is 0 Å². The first kappa shape index (κ1) is 7.54. The minimum atomic E-state index is -0.112. The summed E-state index contributed by atoms with van der Waals surface area (Å²) in [5.74, 6) is -0.112. The maximum absolute atomic E-state index is 10.7. The Hall–Kier alpha value is -0.570. The molecule has 0 aromatic rings. The van der Waals surface area contributed by atoms with Gasteiger partial charge in [0.15, 0.2) is 0 Å². The summed E-state index contributed by atoms with van der Waals surface area (Å²) in [6.07, 6.45) is 0.524. The molecular weight excluding hydrogens is 130 g/mol. The number of nitrogens with zero attached hydrogens (tertiary/aromatic N) is 1. The topological polar surface area (TPSA) is 29.3 Å². The van der Waals surface area contributed by atoms with Crippen molar-refractivity contribution in [3.63, 3.8) is 0 Å². The largest absolute Gasteiger partial charge is 0.469 e. The standard InChI is InChI=1S/C7H13NO2/c1-6(8-3-4-8)5-7(9)10-2/h6H,3-5H2,1-2H3. The number of esters is 1. The van der Waals surface area contributed by atoms with Gasteiger partial charge in [0.25, 0.3) is 0 Å². The fourth-order valence-corrected chi connectivity index (χ4v) is 0.952. The molecule has 3 nitrogen and oxygen atoms in total. The van der Waals surface area contributed by atoms with Gasteiger partial charge in [-0.1, -0.05) is 0 Å². The molecule has 1 saturated heterocycles. The molecule has 10 heavy (non-hydrogen) atoms. The summed E-state index contributed by atoms with van der Waals surface area (Å²) in [6.45, 7) is 4.32. The predicted molar refractivity (Wildman–Crippen MR) is 37.7 cm³/mol. The average molecular weight is 143 g/mol. The van der Waals surface area contributed by atoms with Crippen LogP contribution in [0.4, 0.5) is 0 Å². The highest BCUT2D eigenvalue weighted by Gasteiger charge is 2.25. The summed E-state index contributed by atoms with van der Waals surface area (Å²) in [6, 6.07) is 0.368. The van der Waals surface area contributed by atoms with Gasteiger partial charge < -0.3 is 4.74 Å². The fourth-order valence-electron chi connectivity index (χ4n) is 0.952. The Morgan fingerprint density at radius 3 is 2.70 bits per heavy atom. The molecule has 1 fully saturated rings. The lowest BCUT2D eigenvalue weighted by Gasteiger charge is -2.09. The zero-order chi connectivity index (χ0) is 7.56. The van der Waals surface area contributed by atoms with Crippen molar-refractivity contribution >= 4 is 5.97 Å². The van der Waals surface area contributed by atoms with Crippen molar-refractivity contribution in [3.05, 3.63) is 0 Å². The molecule has 58 valence electrons. The quantitative estimate of drug-likeness (QED) is 0.419. The van der Waals surface area contributed by atoms with E-state index >= 15 is 0 Å². The number of rotatable bonds is 3. The Balaban J connectivity index is 2.16. The maximum Gasteiger partial charge on any atom is 0.307 e. The maximum atomic E-state index is 10.7. The minimum absolute atomic E-state index is 0.112. The van der Waals surface area contributed by atoms with Crippen LogP contribution in [0.15, 0.2) is 0 Å². The van der Waals surface area contributed by atoms with E-state index in [1.165, 1.54) is 7.11 Å². The molecule has 1 heterocycles. The Morgan fingerprint density at radius 2 is 2.30 bits per heavy atom. The van der Waals surface area contributed by atoms with Gasteiger partial charge in [-0.3, -0.25) is 9.69 Å². The van der Waals surface area contributed by atoms with Crippen LogP contribution in [0.2, 0.25) is 0 Å². The molecule has 0 aromatic carbocycles. The highest BCUT2D eigenvalue weighted by Crippen LogP contribution is 2.12. The lowest BCUT2D eigenvalue weighted by molar-refractivity contribution is -0.141. The van der Waals surface area contributed by atoms with Gasteiger partial charge in [-0.05, 0) is 6.92 Å². The summed E-state index contributed by atoms with van der Waals surface area (Å²) < 4.78 is 4.53. The molecule has 0 amide bonds. The van der Waals surface area contributed by atoms with Gasteiger partial charge in [-0.25, -0.2) is 0 Å². The highest BCUT2D eigenvalue weighted by atomic mass is 16.5. The van der Waals surface area contributed by atoms with Crippen LogP contribution in [0.3, 0.4) is 0 Å². The molecule has 1 rings (SSSR count). The number of methoxy groups -OCH3 is 1. The highest BCUT2D eigenvalue weighted by molar-refractivity contribution is 5.69. The normalized spacial score (nSPS) is 20.2. The first-order valence-corrected chi connectivity index (χ1v) is 3.55. The van der Waals surface area contributed by atoms with Gasteiger partial charge in [0.1, 0.15) is 0 Å². The van der Waals surface area contributed by atoms with E-state index in [1.54, 1.807) is 0 Å². The van der Waals surface area contributed by atoms with Crippen LogP contribution < -0.4 is 0 Å². The van der Waals surface area contributed by atoms with Crippen LogP contribution >= 0.6 is 0 Å². The number of carbonyl (C=O) groups excluding carboxylic acids is 1. The number of carbonyl (C=O) groups is 1. The van der Waals surface area contributed by atoms with E-state index in [4.69, 9.17) is 0 Å². The lowest BCUT2D eigenvalue weighted by atomic mass is 10.2. The molecule has 1 atom stereocenters. The van der Waals surface area contributed by atoms with E-state index in [0.717, 1.165) is 13.1 Å². The Labute approximate surface area is 61.0 Å². The van der Waals surface area contributed by atoms with E-state index in [9.17, 15) is 4.79 Å². The summed E-state index contributed by atoms with van der Waals surface area (Å²) >= 11 is 0. The second kappa shape index (κ2) is 3.01. The number of hydrogen-bond acceptors (Lipinski definition) is 3. The molecule has 0 saturated carbocycles. The number of ether oxygens (including phenoxy) is 1. The van der Waals surface area contributed by atoms with Crippen LogP contribution in [0.25, 0.3) is 0 Å². The van der Waals surface area contributed by atoms with Crippen LogP contribution in [-0.2, 0) is 9.53 Å². The van der Waals surface area contributed by atoms with E-state index in [1.807, 2.05) is 6.92 Å². The third-order valence-electron chi connectivity index (χ3n) is 1.79. The van der Waals surface area contributed by atoms with E-state index in [2.05, 4.69) is 9.64 Å². The first-order valence-electron chi connectivity index (χ1n) is 3.55. The first-order chi connectivity index (χ1) is 4.74. The Morgan fingerprint density at radius 1 is 1.70 bits per heavy atom. The SMILES string of the molecule is COC(=O)CC(C)N1CC1. The summed E-state index contributed by atoms with van der Waals surface area (Å²) in [5.41, 5.74) is 0. The van der Waals surface area contributed by atoms with E-state index in [-0.39, 0.29) is 5.97 Å². The molecule has 1 unspecified atom stereocenters. The van der Waals surface area contributed by atoms with Gasteiger partial charge in [-0.2, -0.15) is 0 Å². The molecule has 0 spiro atoms. The molecule has 0 bridgehead atoms. The van der Waals surface area contributed by atoms with Gasteiger partial charge in [0, 0.05) is 19.1 Å². The molecule has 1 aliphatic rings. The Bertz CT molecular complexity index is 132. The van der Waals surface area contributed by atoms with Gasteiger partial charge in [-0.15, -0.1) is 0 Å². The van der Waals surface area contributed by atoms with Crippen LogP contribution in [-0.4, -0.2) is 37.1 Å². The van der Waals surface area contributed by atoms with Crippen molar-refractivity contribution in [2.24, 2.45) is 0 Å². The van der Waals surface area contributed by atoms with Crippen LogP contribution in [0.1, 0.15) is 13.3 Å². The second-order valence-corrected chi connectivity index (χ2v) is 2.67. The molecule has 1 aliphatic heterocycles. The van der Waals surface area contributed by atoms with Crippen molar-refractivity contribution < 1.29 is 9.53 Å². The van der Waals surface area contributed by atoms with Gasteiger partial charge in [0.05, 0.1) is 13.5 Å². The molecule has 0 aromatic heterocycles. The van der Waals surface area contributed by atoms with Crippen molar-refractivity contribution in [2.75, 3.05) is 20.2 Å². The predicted octanol–water partition coefficient (Wildman–Crippen LogP) is 0.254. The fraction of sp³-hybridized carbons (Fsp3) is 0.857. The minimum Gasteiger partial charge on any atom is -0.469 e. The summed E-state index contributed by atoms with van der Waals surface area (Å²) in [7, 11) is 1.43. The van der Waals surface area contributed by atoms with E-state index < -0.39 is 0 Å². The third kappa shape index (κ3) is 1.99. The molecule has 0 aliphatic carbocycles. The van der Waals surface area contributed by atoms with Gasteiger partial charge >= 0.3 is 5.97 Å². The molecular formula is C7H13NO2. The molecule has 3 heteroatoms. The van der Waals surface area contributed by atoms with E-state index in [0.29, 0.717) is 12.5 Å². The van der Waals surface area contributed by atoms with Crippen LogP contribution in [0.5, 0.6) is 0 Å². The lowest BCUT2D eigenvalue weighted by Crippen LogP contribution is -2.19. The smallest absolute Gasteiger partial charge is 0.307 e. The average Bonchev–Trinajstić information content (AvgIpc) is 2.68. The summed E-state index contributed by atoms with van der Waals surface area (Å²) in [5, 5.41) is 0. The Kier molecular flexibility index (Phi) is 2.27.